The number of ketones is 1. The van der Waals surface area contributed by atoms with Crippen LogP contribution in [0.25, 0.3) is 6.08 Å². The second-order valence-corrected chi connectivity index (χ2v) is 4.55. The van der Waals surface area contributed by atoms with Crippen molar-refractivity contribution in [1.29, 1.82) is 0 Å². The zero-order valence-corrected chi connectivity index (χ0v) is 10.1. The standard InChI is InChI=1S/C12H11Cl2NO/c13-11-2-1-8(6-12(11)14)5-9-7-10(16)3-4-15-9/h1-2,5-6,15H,3-4,7H2/b9-5+. The molecule has 1 aliphatic heterocycles. The number of allylic oxidation sites excluding steroid dienone is 1. The number of halogens is 2. The first-order chi connectivity index (χ1) is 7.65. The van der Waals surface area contributed by atoms with E-state index in [-0.39, 0.29) is 5.78 Å². The van der Waals surface area contributed by atoms with Crippen molar-refractivity contribution in [3.8, 4) is 0 Å². The van der Waals surface area contributed by atoms with Crippen LogP contribution < -0.4 is 5.32 Å². The van der Waals surface area contributed by atoms with Crippen molar-refractivity contribution in [3.05, 3.63) is 39.5 Å². The van der Waals surface area contributed by atoms with E-state index in [2.05, 4.69) is 5.32 Å². The highest BCUT2D eigenvalue weighted by atomic mass is 35.5. The van der Waals surface area contributed by atoms with Gasteiger partial charge in [0.2, 0.25) is 0 Å². The van der Waals surface area contributed by atoms with Crippen LogP contribution >= 0.6 is 23.2 Å². The van der Waals surface area contributed by atoms with Gasteiger partial charge >= 0.3 is 0 Å². The monoisotopic (exact) mass is 255 g/mol. The van der Waals surface area contributed by atoms with Gasteiger partial charge in [-0.1, -0.05) is 29.3 Å². The van der Waals surface area contributed by atoms with E-state index >= 15 is 0 Å². The SMILES string of the molecule is O=C1CCN/C(=C/c2ccc(Cl)c(Cl)c2)C1. The largest absolute Gasteiger partial charge is 0.388 e. The maximum atomic E-state index is 11.3. The van der Waals surface area contributed by atoms with Gasteiger partial charge in [-0.05, 0) is 23.8 Å². The Kier molecular flexibility index (Phi) is 3.52. The number of nitrogens with one attached hydrogen (secondary N) is 1. The number of hydrogen-bond acceptors (Lipinski definition) is 2. The second kappa shape index (κ2) is 4.89. The van der Waals surface area contributed by atoms with Gasteiger partial charge in [-0.25, -0.2) is 0 Å². The van der Waals surface area contributed by atoms with Gasteiger partial charge in [0.25, 0.3) is 0 Å². The summed E-state index contributed by atoms with van der Waals surface area (Å²) in [7, 11) is 0. The molecule has 0 unspecified atom stereocenters. The van der Waals surface area contributed by atoms with Crippen LogP contribution in [0.5, 0.6) is 0 Å². The van der Waals surface area contributed by atoms with Gasteiger partial charge in [0.05, 0.1) is 10.0 Å². The Morgan fingerprint density at radius 1 is 1.25 bits per heavy atom. The lowest BCUT2D eigenvalue weighted by Crippen LogP contribution is -2.25. The molecule has 0 amide bonds. The minimum absolute atomic E-state index is 0.269. The Bertz CT molecular complexity index is 454. The highest BCUT2D eigenvalue weighted by molar-refractivity contribution is 6.42. The summed E-state index contributed by atoms with van der Waals surface area (Å²) in [5.74, 6) is 0.269. The third kappa shape index (κ3) is 2.77. The molecular weight excluding hydrogens is 245 g/mol. The van der Waals surface area contributed by atoms with Crippen LogP contribution in [0.3, 0.4) is 0 Å². The van der Waals surface area contributed by atoms with E-state index in [0.29, 0.717) is 29.4 Å². The average Bonchev–Trinajstić information content (AvgIpc) is 2.24. The first-order valence-electron chi connectivity index (χ1n) is 5.06. The number of carbonyl (C=O) groups is 1. The number of rotatable bonds is 1. The molecule has 1 heterocycles. The summed E-state index contributed by atoms with van der Waals surface area (Å²) in [6, 6.07) is 5.42. The number of Topliss-reactive ketones (excluding diaryl/α,β-unsaturated/α-hetero) is 1. The van der Waals surface area contributed by atoms with Crippen molar-refractivity contribution >= 4 is 35.1 Å². The molecule has 0 aromatic heterocycles. The highest BCUT2D eigenvalue weighted by Crippen LogP contribution is 2.24. The Labute approximate surface area is 104 Å². The second-order valence-electron chi connectivity index (χ2n) is 3.74. The van der Waals surface area contributed by atoms with E-state index in [4.69, 9.17) is 23.2 Å². The molecule has 1 aromatic rings. The van der Waals surface area contributed by atoms with Gasteiger partial charge in [-0.15, -0.1) is 0 Å². The summed E-state index contributed by atoms with van der Waals surface area (Å²) >= 11 is 11.7. The molecule has 1 fully saturated rings. The number of piperidine rings is 1. The van der Waals surface area contributed by atoms with Gasteiger partial charge in [-0.3, -0.25) is 4.79 Å². The highest BCUT2D eigenvalue weighted by Gasteiger charge is 2.11. The van der Waals surface area contributed by atoms with Crippen LogP contribution in [0.15, 0.2) is 23.9 Å². The summed E-state index contributed by atoms with van der Waals surface area (Å²) < 4.78 is 0. The molecule has 2 rings (SSSR count). The minimum atomic E-state index is 0.269. The van der Waals surface area contributed by atoms with E-state index in [1.165, 1.54) is 0 Å². The van der Waals surface area contributed by atoms with Crippen LogP contribution in [-0.4, -0.2) is 12.3 Å². The molecular formula is C12H11Cl2NO. The van der Waals surface area contributed by atoms with E-state index in [9.17, 15) is 4.79 Å². The minimum Gasteiger partial charge on any atom is -0.388 e. The van der Waals surface area contributed by atoms with Crippen molar-refractivity contribution in [3.63, 3.8) is 0 Å². The van der Waals surface area contributed by atoms with Crippen molar-refractivity contribution in [2.24, 2.45) is 0 Å². The molecule has 84 valence electrons. The molecule has 0 aliphatic carbocycles. The van der Waals surface area contributed by atoms with Crippen LogP contribution in [-0.2, 0) is 4.79 Å². The van der Waals surface area contributed by atoms with E-state index in [1.54, 1.807) is 12.1 Å². The fourth-order valence-corrected chi connectivity index (χ4v) is 1.94. The summed E-state index contributed by atoms with van der Waals surface area (Å²) in [6.07, 6.45) is 3.01. The summed E-state index contributed by atoms with van der Waals surface area (Å²) in [4.78, 5) is 11.3. The van der Waals surface area contributed by atoms with Crippen molar-refractivity contribution in [2.75, 3.05) is 6.54 Å². The Balaban J connectivity index is 2.21. The van der Waals surface area contributed by atoms with Crippen LogP contribution in [0, 0.1) is 0 Å². The molecule has 1 aromatic carbocycles. The first-order valence-corrected chi connectivity index (χ1v) is 5.82. The van der Waals surface area contributed by atoms with E-state index in [0.717, 1.165) is 11.3 Å². The summed E-state index contributed by atoms with van der Waals surface area (Å²) in [5.41, 5.74) is 1.89. The molecule has 1 N–H and O–H groups in total. The first kappa shape index (κ1) is 11.5. The van der Waals surface area contributed by atoms with Crippen molar-refractivity contribution in [1.82, 2.24) is 5.32 Å². The van der Waals surface area contributed by atoms with Crippen molar-refractivity contribution < 1.29 is 4.79 Å². The zero-order chi connectivity index (χ0) is 11.5. The number of hydrogen-bond donors (Lipinski definition) is 1. The van der Waals surface area contributed by atoms with E-state index in [1.807, 2.05) is 12.1 Å². The zero-order valence-electron chi connectivity index (χ0n) is 8.59. The molecule has 0 saturated carbocycles. The predicted molar refractivity (Wildman–Crippen MR) is 66.7 cm³/mol. The molecule has 1 aliphatic rings. The van der Waals surface area contributed by atoms with Crippen LogP contribution in [0.4, 0.5) is 0 Å². The molecule has 0 bridgehead atoms. The average molecular weight is 256 g/mol. The topological polar surface area (TPSA) is 29.1 Å². The maximum Gasteiger partial charge on any atom is 0.140 e. The maximum absolute atomic E-state index is 11.3. The Morgan fingerprint density at radius 3 is 2.75 bits per heavy atom. The van der Waals surface area contributed by atoms with Gasteiger partial charge in [-0.2, -0.15) is 0 Å². The number of carbonyl (C=O) groups excluding carboxylic acids is 1. The molecule has 16 heavy (non-hydrogen) atoms. The Morgan fingerprint density at radius 2 is 2.06 bits per heavy atom. The fourth-order valence-electron chi connectivity index (χ4n) is 1.63. The normalized spacial score (nSPS) is 18.6. The van der Waals surface area contributed by atoms with Gasteiger partial charge in [0, 0.05) is 25.1 Å². The molecule has 2 nitrogen and oxygen atoms in total. The third-order valence-electron chi connectivity index (χ3n) is 2.43. The molecule has 4 heteroatoms. The Hall–Kier alpha value is -0.990. The van der Waals surface area contributed by atoms with Gasteiger partial charge in [0.15, 0.2) is 0 Å². The lowest BCUT2D eigenvalue weighted by Gasteiger charge is -2.15. The third-order valence-corrected chi connectivity index (χ3v) is 3.17. The number of benzene rings is 1. The molecule has 1 saturated heterocycles. The van der Waals surface area contributed by atoms with Crippen LogP contribution in [0.1, 0.15) is 18.4 Å². The van der Waals surface area contributed by atoms with Crippen LogP contribution in [0.2, 0.25) is 10.0 Å². The fraction of sp³-hybridized carbons (Fsp3) is 0.250. The molecule has 0 atom stereocenters. The molecule has 0 spiro atoms. The van der Waals surface area contributed by atoms with Gasteiger partial charge < -0.3 is 5.32 Å². The van der Waals surface area contributed by atoms with Crippen molar-refractivity contribution in [2.45, 2.75) is 12.8 Å². The lowest BCUT2D eigenvalue weighted by atomic mass is 10.1. The predicted octanol–water partition coefficient (Wildman–Crippen LogP) is 3.29. The lowest BCUT2D eigenvalue weighted by molar-refractivity contribution is -0.119. The summed E-state index contributed by atoms with van der Waals surface area (Å²) in [5, 5.41) is 4.26. The molecule has 0 radical (unpaired) electrons. The van der Waals surface area contributed by atoms with Gasteiger partial charge in [0.1, 0.15) is 5.78 Å². The van der Waals surface area contributed by atoms with E-state index < -0.39 is 0 Å². The quantitative estimate of drug-likeness (QED) is 0.835. The smallest absolute Gasteiger partial charge is 0.140 e. The summed E-state index contributed by atoms with van der Waals surface area (Å²) in [6.45, 7) is 0.714.